The summed E-state index contributed by atoms with van der Waals surface area (Å²) in [6.45, 7) is 8.25. The zero-order valence-electron chi connectivity index (χ0n) is 21.4. The molecule has 1 aliphatic rings. The second kappa shape index (κ2) is 13.9. The first-order valence-corrected chi connectivity index (χ1v) is 12.3. The van der Waals surface area contributed by atoms with E-state index < -0.39 is 11.6 Å². The lowest BCUT2D eigenvalue weighted by Crippen LogP contribution is -2.19. The van der Waals surface area contributed by atoms with E-state index in [1.807, 2.05) is 19.9 Å². The molecular weight excluding hydrogens is 458 g/mol. The molecule has 6 nitrogen and oxygen atoms in total. The molecule has 36 heavy (non-hydrogen) atoms. The van der Waals surface area contributed by atoms with Crippen LogP contribution in [-0.4, -0.2) is 15.0 Å². The third-order valence-electron chi connectivity index (χ3n) is 5.36. The van der Waals surface area contributed by atoms with Crippen molar-refractivity contribution in [3.05, 3.63) is 89.2 Å². The van der Waals surface area contributed by atoms with E-state index in [0.717, 1.165) is 24.0 Å². The quantitative estimate of drug-likeness (QED) is 0.391. The number of hydrogen-bond donors (Lipinski definition) is 3. The molecule has 8 heteroatoms. The van der Waals surface area contributed by atoms with Crippen molar-refractivity contribution >= 4 is 11.5 Å². The highest BCUT2D eigenvalue weighted by Gasteiger charge is 2.24. The summed E-state index contributed by atoms with van der Waals surface area (Å²) in [5.41, 5.74) is 21.4. The van der Waals surface area contributed by atoms with Gasteiger partial charge in [-0.05, 0) is 55.2 Å². The highest BCUT2D eigenvalue weighted by molar-refractivity contribution is 5.67. The summed E-state index contributed by atoms with van der Waals surface area (Å²) >= 11 is 0. The third-order valence-corrected chi connectivity index (χ3v) is 5.36. The molecule has 0 aliphatic heterocycles. The lowest BCUT2D eigenvalue weighted by Gasteiger charge is -2.25. The fourth-order valence-corrected chi connectivity index (χ4v) is 3.76. The normalized spacial score (nSPS) is 15.4. The predicted octanol–water partition coefficient (Wildman–Crippen LogP) is 6.32. The molecule has 0 bridgehead atoms. The van der Waals surface area contributed by atoms with Crippen molar-refractivity contribution in [1.82, 2.24) is 15.0 Å². The summed E-state index contributed by atoms with van der Waals surface area (Å²) in [4.78, 5) is 13.1. The number of benzene rings is 1. The van der Waals surface area contributed by atoms with Crippen molar-refractivity contribution in [2.45, 2.75) is 59.3 Å². The minimum absolute atomic E-state index is 0.00184. The number of rotatable bonds is 4. The van der Waals surface area contributed by atoms with Crippen LogP contribution in [0.2, 0.25) is 0 Å². The van der Waals surface area contributed by atoms with Gasteiger partial charge in [-0.2, -0.15) is 0 Å². The minimum atomic E-state index is -0.712. The van der Waals surface area contributed by atoms with E-state index in [0.29, 0.717) is 29.3 Å². The molecule has 3 aromatic rings. The van der Waals surface area contributed by atoms with Gasteiger partial charge in [0.2, 0.25) is 0 Å². The van der Waals surface area contributed by atoms with Crippen molar-refractivity contribution in [3.63, 3.8) is 0 Å². The van der Waals surface area contributed by atoms with E-state index in [9.17, 15) is 8.78 Å². The number of hydrogen-bond acceptors (Lipinski definition) is 6. The molecule has 0 saturated carbocycles. The zero-order valence-corrected chi connectivity index (χ0v) is 21.4. The second-order valence-corrected chi connectivity index (χ2v) is 8.13. The maximum atomic E-state index is 14.1. The summed E-state index contributed by atoms with van der Waals surface area (Å²) in [7, 11) is 0. The molecule has 0 fully saturated rings. The topological polar surface area (TPSA) is 117 Å². The van der Waals surface area contributed by atoms with Crippen LogP contribution in [0.15, 0.2) is 66.3 Å². The predicted molar refractivity (Wildman–Crippen MR) is 143 cm³/mol. The Balaban J connectivity index is 0.000000850. The molecule has 1 aromatic carbocycles. The van der Waals surface area contributed by atoms with E-state index in [4.69, 9.17) is 22.2 Å². The summed E-state index contributed by atoms with van der Waals surface area (Å²) in [5, 5.41) is 0. The Morgan fingerprint density at radius 2 is 1.69 bits per heavy atom. The maximum absolute atomic E-state index is 14.1. The minimum Gasteiger partial charge on any atom is -0.401 e. The molecule has 0 radical (unpaired) electrons. The van der Waals surface area contributed by atoms with Gasteiger partial charge < -0.3 is 17.2 Å². The molecule has 1 unspecified atom stereocenters. The maximum Gasteiger partial charge on any atom is 0.135 e. The molecular formula is C28H36F2N6. The summed E-state index contributed by atoms with van der Waals surface area (Å²) < 4.78 is 28.2. The molecule has 4 rings (SSSR count). The van der Waals surface area contributed by atoms with Gasteiger partial charge in [0.25, 0.3) is 0 Å². The van der Waals surface area contributed by atoms with Gasteiger partial charge in [0.05, 0.1) is 23.1 Å². The van der Waals surface area contributed by atoms with Crippen LogP contribution in [0.25, 0.3) is 17.0 Å². The summed E-state index contributed by atoms with van der Waals surface area (Å²) in [5.74, 6) is -1.17. The smallest absolute Gasteiger partial charge is 0.135 e. The largest absolute Gasteiger partial charge is 0.401 e. The second-order valence-electron chi connectivity index (χ2n) is 8.13. The highest BCUT2D eigenvalue weighted by Crippen LogP contribution is 2.36. The van der Waals surface area contributed by atoms with Crippen LogP contribution in [0, 0.1) is 11.6 Å². The van der Waals surface area contributed by atoms with Crippen LogP contribution in [0.1, 0.15) is 70.6 Å². The Labute approximate surface area is 212 Å². The Morgan fingerprint density at radius 1 is 1.03 bits per heavy atom. The Morgan fingerprint density at radius 3 is 2.31 bits per heavy atom. The average Bonchev–Trinajstić information content (AvgIpc) is 2.87. The van der Waals surface area contributed by atoms with Crippen molar-refractivity contribution in [2.75, 3.05) is 5.73 Å². The van der Waals surface area contributed by atoms with Crippen molar-refractivity contribution in [2.24, 2.45) is 11.5 Å². The lowest BCUT2D eigenvalue weighted by atomic mass is 9.84. The van der Waals surface area contributed by atoms with Crippen LogP contribution in [-0.2, 0) is 0 Å². The first-order chi connectivity index (χ1) is 17.3. The van der Waals surface area contributed by atoms with Gasteiger partial charge >= 0.3 is 0 Å². The fourth-order valence-electron chi connectivity index (χ4n) is 3.76. The van der Waals surface area contributed by atoms with Crippen molar-refractivity contribution in [1.29, 1.82) is 0 Å². The molecule has 6 N–H and O–H groups in total. The van der Waals surface area contributed by atoms with Crippen LogP contribution >= 0.6 is 0 Å². The van der Waals surface area contributed by atoms with Crippen molar-refractivity contribution in [3.8, 4) is 11.3 Å². The first kappa shape index (κ1) is 28.4. The number of nitrogen functional groups attached to an aromatic ring is 1. The lowest BCUT2D eigenvalue weighted by molar-refractivity contribution is 0.576. The number of nitrogens with two attached hydrogens (primary N) is 3. The van der Waals surface area contributed by atoms with Gasteiger partial charge in [0.15, 0.2) is 0 Å². The molecule has 1 aliphatic carbocycles. The molecule has 2 aromatic heterocycles. The monoisotopic (exact) mass is 494 g/mol. The first-order valence-electron chi connectivity index (χ1n) is 12.3. The summed E-state index contributed by atoms with van der Waals surface area (Å²) in [6, 6.07) is 7.18. The number of nitrogens with zero attached hydrogens (tertiary/aromatic N) is 3. The van der Waals surface area contributed by atoms with Crippen LogP contribution < -0.4 is 17.2 Å². The van der Waals surface area contributed by atoms with E-state index in [1.165, 1.54) is 24.6 Å². The van der Waals surface area contributed by atoms with Gasteiger partial charge in [-0.3, -0.25) is 4.98 Å². The number of anilines is 1. The van der Waals surface area contributed by atoms with Gasteiger partial charge in [-0.25, -0.2) is 18.7 Å². The number of aromatic nitrogens is 3. The standard InChI is InChI=1S/C23H22F2N6.C3H8.C2H6/c24-16-5-2-6-17(25)22(16)18(26)9-13-3-1-4-15(23(13)28)20-12-29-11-19(31-20)14-7-8-21(27)30-10-14;1-3-2;1-2/h2,5-12,15H,1,3-4,26,28H2,(H2,27,30);3H2,1-2H3;1-2H3/b18-9-;;. The molecule has 0 saturated heterocycles. The van der Waals surface area contributed by atoms with Crippen LogP contribution in [0.5, 0.6) is 0 Å². The number of pyridine rings is 1. The molecule has 192 valence electrons. The Bertz CT molecular complexity index is 1170. The Kier molecular flexibility index (Phi) is 11.0. The molecule has 1 atom stereocenters. The zero-order chi connectivity index (χ0) is 26.7. The molecule has 2 heterocycles. The van der Waals surface area contributed by atoms with Crippen LogP contribution in [0.4, 0.5) is 14.6 Å². The SMILES string of the molecule is CC.CCC.NC1=C(/C=C(\N)c2c(F)cccc2F)CCCC1c1cncc(-c2ccc(N)nc2)n1. The molecule has 0 amide bonds. The van der Waals surface area contributed by atoms with Crippen LogP contribution in [0.3, 0.4) is 0 Å². The number of allylic oxidation sites excluding steroid dienone is 3. The van der Waals surface area contributed by atoms with Gasteiger partial charge in [0.1, 0.15) is 17.5 Å². The molecule has 0 spiro atoms. The van der Waals surface area contributed by atoms with Crippen molar-refractivity contribution < 1.29 is 8.78 Å². The average molecular weight is 495 g/mol. The fraction of sp³-hybridized carbons (Fsp3) is 0.321. The summed E-state index contributed by atoms with van der Waals surface area (Å²) in [6.07, 6.45) is 10.1. The Hall–Kier alpha value is -3.81. The van der Waals surface area contributed by atoms with E-state index >= 15 is 0 Å². The third kappa shape index (κ3) is 7.10. The van der Waals surface area contributed by atoms with Gasteiger partial charge in [-0.15, -0.1) is 0 Å². The van der Waals surface area contributed by atoms with Gasteiger partial charge in [-0.1, -0.05) is 40.2 Å². The van der Waals surface area contributed by atoms with Gasteiger partial charge in [0, 0.05) is 35.3 Å². The number of halogens is 2. The highest BCUT2D eigenvalue weighted by atomic mass is 19.1. The van der Waals surface area contributed by atoms with E-state index in [1.54, 1.807) is 30.7 Å². The van der Waals surface area contributed by atoms with E-state index in [-0.39, 0.29) is 17.2 Å². The van der Waals surface area contributed by atoms with E-state index in [2.05, 4.69) is 23.8 Å².